The first-order valence-electron chi connectivity index (χ1n) is 8.83. The SMILES string of the molecule is CCCSc1nc2c([nH]c3ccccc32)c(=O)n1-c1cc(C)cc(C)c1. The number of H-pyrrole nitrogens is 1. The normalized spacial score (nSPS) is 11.5. The van der Waals surface area contributed by atoms with Crippen molar-refractivity contribution in [3.63, 3.8) is 0 Å². The molecule has 26 heavy (non-hydrogen) atoms. The Bertz CT molecular complexity index is 1150. The summed E-state index contributed by atoms with van der Waals surface area (Å²) >= 11 is 1.63. The fourth-order valence-electron chi connectivity index (χ4n) is 3.34. The predicted octanol–water partition coefficient (Wildman–Crippen LogP) is 4.99. The Morgan fingerprint density at radius 1 is 1.12 bits per heavy atom. The fourth-order valence-corrected chi connectivity index (χ4v) is 4.20. The predicted molar refractivity (Wildman–Crippen MR) is 110 cm³/mol. The van der Waals surface area contributed by atoms with Crippen LogP contribution < -0.4 is 5.56 Å². The second kappa shape index (κ2) is 6.65. The molecule has 0 spiro atoms. The number of aromatic amines is 1. The topological polar surface area (TPSA) is 50.7 Å². The summed E-state index contributed by atoms with van der Waals surface area (Å²) in [6.45, 7) is 6.24. The van der Waals surface area contributed by atoms with Crippen LogP contribution in [0.3, 0.4) is 0 Å². The lowest BCUT2D eigenvalue weighted by molar-refractivity contribution is 0.816. The highest BCUT2D eigenvalue weighted by molar-refractivity contribution is 7.99. The zero-order chi connectivity index (χ0) is 18.3. The molecule has 0 bridgehead atoms. The van der Waals surface area contributed by atoms with Gasteiger partial charge >= 0.3 is 0 Å². The van der Waals surface area contributed by atoms with E-state index in [9.17, 15) is 4.79 Å². The smallest absolute Gasteiger partial charge is 0.283 e. The van der Waals surface area contributed by atoms with Crippen LogP contribution in [0.1, 0.15) is 24.5 Å². The van der Waals surface area contributed by atoms with E-state index in [1.165, 1.54) is 0 Å². The van der Waals surface area contributed by atoms with Crippen LogP contribution in [0.25, 0.3) is 27.6 Å². The number of rotatable bonds is 4. The first kappa shape index (κ1) is 16.9. The van der Waals surface area contributed by atoms with Crippen LogP contribution in [0.15, 0.2) is 52.4 Å². The first-order chi connectivity index (χ1) is 12.6. The van der Waals surface area contributed by atoms with Crippen LogP contribution in [0.4, 0.5) is 0 Å². The molecule has 0 atom stereocenters. The van der Waals surface area contributed by atoms with E-state index in [1.54, 1.807) is 16.3 Å². The summed E-state index contributed by atoms with van der Waals surface area (Å²) in [6, 6.07) is 14.1. The summed E-state index contributed by atoms with van der Waals surface area (Å²) in [5.74, 6) is 0.922. The van der Waals surface area contributed by atoms with Crippen molar-refractivity contribution in [1.29, 1.82) is 0 Å². The fraction of sp³-hybridized carbons (Fsp3) is 0.238. The van der Waals surface area contributed by atoms with Gasteiger partial charge in [0.25, 0.3) is 5.56 Å². The molecule has 0 radical (unpaired) electrons. The Labute approximate surface area is 156 Å². The van der Waals surface area contributed by atoms with Crippen LogP contribution in [0.5, 0.6) is 0 Å². The van der Waals surface area contributed by atoms with Crippen molar-refractivity contribution >= 4 is 33.7 Å². The summed E-state index contributed by atoms with van der Waals surface area (Å²) in [5, 5.41) is 1.74. The van der Waals surface area contributed by atoms with E-state index < -0.39 is 0 Å². The van der Waals surface area contributed by atoms with Gasteiger partial charge in [0, 0.05) is 16.7 Å². The largest absolute Gasteiger partial charge is 0.349 e. The van der Waals surface area contributed by atoms with Crippen molar-refractivity contribution in [3.05, 3.63) is 63.9 Å². The van der Waals surface area contributed by atoms with E-state index in [1.807, 2.05) is 36.4 Å². The molecular formula is C21H21N3OS. The maximum Gasteiger partial charge on any atom is 0.283 e. The summed E-state index contributed by atoms with van der Waals surface area (Å²) in [6.07, 6.45) is 1.03. The summed E-state index contributed by atoms with van der Waals surface area (Å²) in [5.41, 5.74) is 5.35. The minimum absolute atomic E-state index is 0.0465. The van der Waals surface area contributed by atoms with Gasteiger partial charge < -0.3 is 4.98 Å². The lowest BCUT2D eigenvalue weighted by atomic mass is 10.1. The molecule has 4 rings (SSSR count). The van der Waals surface area contributed by atoms with Gasteiger partial charge in [0.05, 0.1) is 5.69 Å². The van der Waals surface area contributed by atoms with Crippen LogP contribution in [-0.4, -0.2) is 20.3 Å². The molecule has 0 unspecified atom stereocenters. The average Bonchev–Trinajstić information content (AvgIpc) is 2.98. The van der Waals surface area contributed by atoms with Crippen LogP contribution >= 0.6 is 11.8 Å². The quantitative estimate of drug-likeness (QED) is 0.411. The van der Waals surface area contributed by atoms with Crippen molar-refractivity contribution in [2.45, 2.75) is 32.3 Å². The highest BCUT2D eigenvalue weighted by atomic mass is 32.2. The second-order valence-electron chi connectivity index (χ2n) is 6.62. The van der Waals surface area contributed by atoms with Crippen molar-refractivity contribution in [3.8, 4) is 5.69 Å². The molecule has 2 aromatic heterocycles. The lowest BCUT2D eigenvalue weighted by Gasteiger charge is -2.13. The monoisotopic (exact) mass is 363 g/mol. The Morgan fingerprint density at radius 2 is 1.85 bits per heavy atom. The number of aryl methyl sites for hydroxylation is 2. The molecule has 1 N–H and O–H groups in total. The van der Waals surface area contributed by atoms with Gasteiger partial charge in [-0.1, -0.05) is 43.0 Å². The number of benzene rings is 2. The molecule has 0 aliphatic carbocycles. The summed E-state index contributed by atoms with van der Waals surface area (Å²) in [4.78, 5) is 21.5. The van der Waals surface area contributed by atoms with E-state index >= 15 is 0 Å². The van der Waals surface area contributed by atoms with Gasteiger partial charge in [0.1, 0.15) is 11.0 Å². The number of para-hydroxylation sites is 1. The molecule has 0 aliphatic heterocycles. The highest BCUT2D eigenvalue weighted by Gasteiger charge is 2.17. The molecular weight excluding hydrogens is 342 g/mol. The van der Waals surface area contributed by atoms with Crippen molar-refractivity contribution in [2.75, 3.05) is 5.75 Å². The Balaban J connectivity index is 2.08. The molecule has 4 aromatic rings. The van der Waals surface area contributed by atoms with Crippen LogP contribution in [0, 0.1) is 13.8 Å². The van der Waals surface area contributed by atoms with E-state index in [-0.39, 0.29) is 5.56 Å². The van der Waals surface area contributed by atoms with Gasteiger partial charge in [-0.25, -0.2) is 4.98 Å². The molecule has 132 valence electrons. The number of fused-ring (bicyclic) bond motifs is 3. The minimum Gasteiger partial charge on any atom is -0.349 e. The molecule has 2 heterocycles. The van der Waals surface area contributed by atoms with Gasteiger partial charge in [-0.2, -0.15) is 0 Å². The third-order valence-corrected chi connectivity index (χ3v) is 5.54. The van der Waals surface area contributed by atoms with Crippen LogP contribution in [-0.2, 0) is 0 Å². The maximum absolute atomic E-state index is 13.4. The third kappa shape index (κ3) is 2.82. The number of nitrogens with one attached hydrogen (secondary N) is 1. The van der Waals surface area contributed by atoms with Crippen LogP contribution in [0.2, 0.25) is 0 Å². The molecule has 0 amide bonds. The Kier molecular flexibility index (Phi) is 4.32. The van der Waals surface area contributed by atoms with Gasteiger partial charge in [-0.15, -0.1) is 0 Å². The van der Waals surface area contributed by atoms with Crippen molar-refractivity contribution < 1.29 is 0 Å². The average molecular weight is 363 g/mol. The number of nitrogens with zero attached hydrogens (tertiary/aromatic N) is 2. The first-order valence-corrected chi connectivity index (χ1v) is 9.82. The molecule has 0 saturated heterocycles. The number of thioether (sulfide) groups is 1. The molecule has 5 heteroatoms. The van der Waals surface area contributed by atoms with Crippen molar-refractivity contribution in [1.82, 2.24) is 14.5 Å². The molecule has 0 saturated carbocycles. The lowest BCUT2D eigenvalue weighted by Crippen LogP contribution is -2.22. The molecule has 2 aromatic carbocycles. The second-order valence-corrected chi connectivity index (χ2v) is 7.69. The zero-order valence-corrected chi connectivity index (χ0v) is 16.0. The van der Waals surface area contributed by atoms with E-state index in [0.29, 0.717) is 5.52 Å². The number of hydrogen-bond donors (Lipinski definition) is 1. The van der Waals surface area contributed by atoms with Gasteiger partial charge in [-0.05, 0) is 49.6 Å². The Hall–Kier alpha value is -2.53. The van der Waals surface area contributed by atoms with E-state index in [4.69, 9.17) is 4.98 Å². The Morgan fingerprint density at radius 3 is 2.58 bits per heavy atom. The molecule has 0 fully saturated rings. The zero-order valence-electron chi connectivity index (χ0n) is 15.2. The van der Waals surface area contributed by atoms with E-state index in [2.05, 4.69) is 31.8 Å². The number of hydrogen-bond acceptors (Lipinski definition) is 3. The van der Waals surface area contributed by atoms with Crippen molar-refractivity contribution in [2.24, 2.45) is 0 Å². The maximum atomic E-state index is 13.4. The summed E-state index contributed by atoms with van der Waals surface area (Å²) in [7, 11) is 0. The van der Waals surface area contributed by atoms with Gasteiger partial charge in [0.15, 0.2) is 5.16 Å². The standard InChI is InChI=1S/C21H21N3OS/c1-4-9-26-21-23-18-16-7-5-6-8-17(16)22-19(18)20(25)24(21)15-11-13(2)10-14(3)12-15/h5-8,10-12,22H,4,9H2,1-3H3. The highest BCUT2D eigenvalue weighted by Crippen LogP contribution is 2.27. The van der Waals surface area contributed by atoms with E-state index in [0.717, 1.165) is 50.6 Å². The summed E-state index contributed by atoms with van der Waals surface area (Å²) < 4.78 is 1.75. The molecule has 4 nitrogen and oxygen atoms in total. The van der Waals surface area contributed by atoms with Gasteiger partial charge in [-0.3, -0.25) is 9.36 Å². The number of aromatic nitrogens is 3. The minimum atomic E-state index is -0.0465. The molecule has 0 aliphatic rings. The third-order valence-electron chi connectivity index (χ3n) is 4.39. The van der Waals surface area contributed by atoms with Gasteiger partial charge in [0.2, 0.25) is 0 Å².